The van der Waals surface area contributed by atoms with Crippen molar-refractivity contribution in [2.24, 2.45) is 0 Å². The molecular weight excluding hydrogens is 311 g/mol. The van der Waals surface area contributed by atoms with Gasteiger partial charge in [-0.15, -0.1) is 0 Å². The number of nitrogens with zero attached hydrogens (tertiary/aromatic N) is 1. The minimum atomic E-state index is -0.627. The molecule has 2 N–H and O–H groups in total. The van der Waals surface area contributed by atoms with E-state index < -0.39 is 6.10 Å². The van der Waals surface area contributed by atoms with Gasteiger partial charge in [0.15, 0.2) is 0 Å². The molecule has 2 rings (SSSR count). The third kappa shape index (κ3) is 6.19. The number of carbonyl (C=O) groups excluding carboxylic acids is 1. The molecule has 1 aromatic carbocycles. The summed E-state index contributed by atoms with van der Waals surface area (Å²) in [5.74, 6) is -0.229. The summed E-state index contributed by atoms with van der Waals surface area (Å²) >= 11 is 0. The standard InChI is InChI=1S/C18H27FN2O3/c1-2-18(23)20-15-7-5-9-21(10-15)11-16(22)13-24-12-14-6-3-4-8-17(14)19/h3-4,6,8,15-16,22H,2,5,7,9-13H2,1H3,(H,20,23). The van der Waals surface area contributed by atoms with Gasteiger partial charge in [-0.2, -0.15) is 0 Å². The summed E-state index contributed by atoms with van der Waals surface area (Å²) in [5, 5.41) is 13.1. The van der Waals surface area contributed by atoms with Crippen LogP contribution >= 0.6 is 0 Å². The van der Waals surface area contributed by atoms with Gasteiger partial charge in [-0.25, -0.2) is 4.39 Å². The zero-order chi connectivity index (χ0) is 17.4. The number of ether oxygens (including phenoxy) is 1. The van der Waals surface area contributed by atoms with E-state index in [4.69, 9.17) is 4.74 Å². The van der Waals surface area contributed by atoms with Crippen molar-refractivity contribution in [3.8, 4) is 0 Å². The summed E-state index contributed by atoms with van der Waals surface area (Å²) in [6.07, 6.45) is 1.83. The van der Waals surface area contributed by atoms with Gasteiger partial charge in [0.1, 0.15) is 5.82 Å². The van der Waals surface area contributed by atoms with E-state index in [0.717, 1.165) is 25.9 Å². The molecule has 1 fully saturated rings. The van der Waals surface area contributed by atoms with E-state index in [0.29, 0.717) is 18.5 Å². The molecule has 1 aliphatic rings. The highest BCUT2D eigenvalue weighted by Crippen LogP contribution is 2.12. The Bertz CT molecular complexity index is 527. The number of aliphatic hydroxyl groups is 1. The Morgan fingerprint density at radius 2 is 2.29 bits per heavy atom. The van der Waals surface area contributed by atoms with Gasteiger partial charge in [-0.1, -0.05) is 25.1 Å². The monoisotopic (exact) mass is 338 g/mol. The van der Waals surface area contributed by atoms with Crippen LogP contribution in [-0.2, 0) is 16.1 Å². The lowest BCUT2D eigenvalue weighted by Crippen LogP contribution is -2.49. The van der Waals surface area contributed by atoms with E-state index in [2.05, 4.69) is 10.2 Å². The van der Waals surface area contributed by atoms with Crippen molar-refractivity contribution in [1.82, 2.24) is 10.2 Å². The van der Waals surface area contributed by atoms with Gasteiger partial charge in [-0.3, -0.25) is 9.69 Å². The molecule has 1 amide bonds. The Morgan fingerprint density at radius 1 is 1.50 bits per heavy atom. The maximum atomic E-state index is 13.5. The van der Waals surface area contributed by atoms with Gasteiger partial charge in [0, 0.05) is 31.1 Å². The highest BCUT2D eigenvalue weighted by Gasteiger charge is 2.22. The minimum absolute atomic E-state index is 0.0654. The van der Waals surface area contributed by atoms with Crippen LogP contribution in [0.4, 0.5) is 4.39 Å². The molecule has 0 aliphatic carbocycles. The summed E-state index contributed by atoms with van der Waals surface area (Å²) < 4.78 is 18.9. The lowest BCUT2D eigenvalue weighted by molar-refractivity contribution is -0.121. The van der Waals surface area contributed by atoms with Crippen molar-refractivity contribution < 1.29 is 19.0 Å². The molecule has 0 bridgehead atoms. The van der Waals surface area contributed by atoms with Crippen molar-refractivity contribution >= 4 is 5.91 Å². The van der Waals surface area contributed by atoms with Crippen molar-refractivity contribution in [2.75, 3.05) is 26.2 Å². The molecule has 0 radical (unpaired) electrons. The predicted octanol–water partition coefficient (Wildman–Crippen LogP) is 1.69. The summed E-state index contributed by atoms with van der Waals surface area (Å²) in [4.78, 5) is 13.6. The lowest BCUT2D eigenvalue weighted by Gasteiger charge is -2.34. The topological polar surface area (TPSA) is 61.8 Å². The van der Waals surface area contributed by atoms with Crippen LogP contribution in [0, 0.1) is 5.82 Å². The summed E-state index contributed by atoms with van der Waals surface area (Å²) in [6, 6.07) is 6.62. The van der Waals surface area contributed by atoms with Gasteiger partial charge in [0.25, 0.3) is 0 Å². The van der Waals surface area contributed by atoms with Crippen molar-refractivity contribution in [1.29, 1.82) is 0 Å². The van der Waals surface area contributed by atoms with Gasteiger partial charge in [-0.05, 0) is 25.5 Å². The number of carbonyl (C=O) groups is 1. The number of aliphatic hydroxyl groups excluding tert-OH is 1. The molecule has 2 atom stereocenters. The number of likely N-dealkylation sites (tertiary alicyclic amines) is 1. The minimum Gasteiger partial charge on any atom is -0.389 e. The molecule has 5 nitrogen and oxygen atoms in total. The number of amides is 1. The largest absolute Gasteiger partial charge is 0.389 e. The number of piperidine rings is 1. The Hall–Kier alpha value is -1.50. The molecule has 0 aromatic heterocycles. The van der Waals surface area contributed by atoms with E-state index >= 15 is 0 Å². The third-order valence-electron chi connectivity index (χ3n) is 4.19. The normalized spacial score (nSPS) is 19.9. The average molecular weight is 338 g/mol. The van der Waals surface area contributed by atoms with Crippen molar-refractivity contribution in [2.45, 2.75) is 44.9 Å². The zero-order valence-electron chi connectivity index (χ0n) is 14.2. The number of halogens is 1. The number of benzene rings is 1. The number of hydrogen-bond donors (Lipinski definition) is 2. The van der Waals surface area contributed by atoms with Crippen LogP contribution < -0.4 is 5.32 Å². The maximum Gasteiger partial charge on any atom is 0.219 e. The van der Waals surface area contributed by atoms with Crippen LogP contribution in [0.15, 0.2) is 24.3 Å². The Kier molecular flexibility index (Phi) is 7.62. The first-order chi connectivity index (χ1) is 11.6. The number of rotatable bonds is 8. The first-order valence-corrected chi connectivity index (χ1v) is 8.59. The zero-order valence-corrected chi connectivity index (χ0v) is 14.2. The number of hydrogen-bond acceptors (Lipinski definition) is 4. The molecule has 2 unspecified atom stereocenters. The van der Waals surface area contributed by atoms with Crippen LogP contribution in [0.1, 0.15) is 31.7 Å². The summed E-state index contributed by atoms with van der Waals surface area (Å²) in [7, 11) is 0. The third-order valence-corrected chi connectivity index (χ3v) is 4.19. The van der Waals surface area contributed by atoms with E-state index in [-0.39, 0.29) is 31.0 Å². The van der Waals surface area contributed by atoms with E-state index in [1.165, 1.54) is 6.07 Å². The first-order valence-electron chi connectivity index (χ1n) is 8.59. The number of β-amino-alcohol motifs (C(OH)–C–C–N with tert-alkyl or cyclic N) is 1. The summed E-state index contributed by atoms with van der Waals surface area (Å²) in [5.41, 5.74) is 0.491. The fraction of sp³-hybridized carbons (Fsp3) is 0.611. The van der Waals surface area contributed by atoms with Gasteiger partial charge in [0.05, 0.1) is 19.3 Å². The fourth-order valence-corrected chi connectivity index (χ4v) is 2.94. The molecule has 24 heavy (non-hydrogen) atoms. The van der Waals surface area contributed by atoms with Crippen LogP contribution in [0.3, 0.4) is 0 Å². The predicted molar refractivity (Wildman–Crippen MR) is 90.0 cm³/mol. The molecule has 0 saturated carbocycles. The molecule has 1 heterocycles. The SMILES string of the molecule is CCC(=O)NC1CCCN(CC(O)COCc2ccccc2F)C1. The highest BCUT2D eigenvalue weighted by atomic mass is 19.1. The second kappa shape index (κ2) is 9.71. The van der Waals surface area contributed by atoms with Crippen LogP contribution in [0.5, 0.6) is 0 Å². The Morgan fingerprint density at radius 3 is 3.04 bits per heavy atom. The molecular formula is C18H27FN2O3. The van der Waals surface area contributed by atoms with E-state index in [1.54, 1.807) is 18.2 Å². The second-order valence-electron chi connectivity index (χ2n) is 6.28. The molecule has 0 spiro atoms. The van der Waals surface area contributed by atoms with Gasteiger partial charge >= 0.3 is 0 Å². The number of nitrogens with one attached hydrogen (secondary N) is 1. The van der Waals surface area contributed by atoms with Crippen LogP contribution in [-0.4, -0.2) is 54.3 Å². The van der Waals surface area contributed by atoms with Gasteiger partial charge < -0.3 is 15.2 Å². The average Bonchev–Trinajstić information content (AvgIpc) is 2.57. The van der Waals surface area contributed by atoms with Crippen molar-refractivity contribution in [3.05, 3.63) is 35.6 Å². The van der Waals surface area contributed by atoms with Gasteiger partial charge in [0.2, 0.25) is 5.91 Å². The van der Waals surface area contributed by atoms with Crippen LogP contribution in [0.2, 0.25) is 0 Å². The van der Waals surface area contributed by atoms with Crippen LogP contribution in [0.25, 0.3) is 0 Å². The summed E-state index contributed by atoms with van der Waals surface area (Å²) in [6.45, 7) is 4.30. The smallest absolute Gasteiger partial charge is 0.219 e. The molecule has 6 heteroatoms. The first kappa shape index (κ1) is 18.8. The van der Waals surface area contributed by atoms with E-state index in [9.17, 15) is 14.3 Å². The highest BCUT2D eigenvalue weighted by molar-refractivity contribution is 5.75. The van der Waals surface area contributed by atoms with Crippen molar-refractivity contribution in [3.63, 3.8) is 0 Å². The molecule has 1 aliphatic heterocycles. The second-order valence-corrected chi connectivity index (χ2v) is 6.28. The fourth-order valence-electron chi connectivity index (χ4n) is 2.94. The molecule has 134 valence electrons. The Balaban J connectivity index is 1.69. The maximum absolute atomic E-state index is 13.5. The lowest BCUT2D eigenvalue weighted by atomic mass is 10.1. The molecule has 1 saturated heterocycles. The van der Waals surface area contributed by atoms with E-state index in [1.807, 2.05) is 6.92 Å². The Labute approximate surface area is 142 Å². The quantitative estimate of drug-likeness (QED) is 0.757. The molecule has 1 aromatic rings.